The van der Waals surface area contributed by atoms with E-state index in [0.29, 0.717) is 37.5 Å². The Morgan fingerprint density at radius 3 is 3.00 bits per heavy atom. The van der Waals surface area contributed by atoms with Crippen molar-refractivity contribution >= 4 is 17.7 Å². The predicted octanol–water partition coefficient (Wildman–Crippen LogP) is 4.74. The fourth-order valence-electron chi connectivity index (χ4n) is 3.22. The summed E-state index contributed by atoms with van der Waals surface area (Å²) in [7, 11) is 0. The third kappa shape index (κ3) is 5.77. The van der Waals surface area contributed by atoms with Crippen LogP contribution in [-0.2, 0) is 11.2 Å². The number of amides is 1. The number of ether oxygens (including phenoxy) is 3. The molecule has 6 nitrogen and oxygen atoms in total. The van der Waals surface area contributed by atoms with Crippen LogP contribution < -0.4 is 19.5 Å². The van der Waals surface area contributed by atoms with Crippen LogP contribution in [0.4, 0.5) is 5.69 Å². The highest BCUT2D eigenvalue weighted by Gasteiger charge is 2.21. The van der Waals surface area contributed by atoms with E-state index in [1.54, 1.807) is 18.2 Å². The van der Waals surface area contributed by atoms with Crippen LogP contribution in [0.3, 0.4) is 0 Å². The van der Waals surface area contributed by atoms with Crippen LogP contribution in [0.2, 0.25) is 0 Å². The maximum absolute atomic E-state index is 12.4. The number of carbonyl (C=O) groups is 1. The Kier molecular flexibility index (Phi) is 7.34. The minimum Gasteiger partial charge on any atom is -0.493 e. The first-order chi connectivity index (χ1) is 14.6. The predicted molar refractivity (Wildman–Crippen MR) is 116 cm³/mol. The van der Waals surface area contributed by atoms with Gasteiger partial charge in [0.25, 0.3) is 0 Å². The van der Waals surface area contributed by atoms with Gasteiger partial charge in [-0.05, 0) is 50.6 Å². The van der Waals surface area contributed by atoms with Crippen molar-refractivity contribution in [2.45, 2.75) is 39.2 Å². The number of fused-ring (bicyclic) bond motifs is 1. The van der Waals surface area contributed by atoms with Gasteiger partial charge in [0.2, 0.25) is 5.91 Å². The lowest BCUT2D eigenvalue weighted by Gasteiger charge is -2.10. The molecule has 156 valence electrons. The highest BCUT2D eigenvalue weighted by Crippen LogP contribution is 2.35. The molecule has 0 spiro atoms. The second-order valence-corrected chi connectivity index (χ2v) is 7.02. The number of anilines is 1. The normalized spacial score (nSPS) is 14.6. The molecule has 1 amide bonds. The first-order valence-corrected chi connectivity index (χ1v) is 10.1. The van der Waals surface area contributed by atoms with Crippen LogP contribution in [0.5, 0.6) is 17.2 Å². The van der Waals surface area contributed by atoms with E-state index in [0.717, 1.165) is 29.0 Å². The van der Waals surface area contributed by atoms with Crippen molar-refractivity contribution < 1.29 is 19.0 Å². The highest BCUT2D eigenvalue weighted by molar-refractivity contribution is 6.02. The van der Waals surface area contributed by atoms with Crippen LogP contribution in [0.15, 0.2) is 42.5 Å². The van der Waals surface area contributed by atoms with E-state index in [1.165, 1.54) is 6.08 Å². The van der Waals surface area contributed by atoms with Crippen molar-refractivity contribution in [3.63, 3.8) is 0 Å². The van der Waals surface area contributed by atoms with Crippen molar-refractivity contribution in [2.75, 3.05) is 18.5 Å². The average Bonchev–Trinajstić information content (AvgIpc) is 3.09. The summed E-state index contributed by atoms with van der Waals surface area (Å²) in [6, 6.07) is 13.2. The quantitative estimate of drug-likeness (QED) is 0.480. The fraction of sp³-hybridized carbons (Fsp3) is 0.333. The number of nitrogens with one attached hydrogen (secondary N) is 1. The van der Waals surface area contributed by atoms with Gasteiger partial charge in [-0.15, -0.1) is 0 Å². The molecule has 0 aromatic heterocycles. The van der Waals surface area contributed by atoms with Gasteiger partial charge < -0.3 is 19.5 Å². The van der Waals surface area contributed by atoms with Crippen LogP contribution in [-0.4, -0.2) is 25.2 Å². The van der Waals surface area contributed by atoms with Gasteiger partial charge in [0, 0.05) is 41.8 Å². The van der Waals surface area contributed by atoms with Gasteiger partial charge in [0.1, 0.15) is 23.4 Å². The lowest BCUT2D eigenvalue weighted by molar-refractivity contribution is -0.111. The van der Waals surface area contributed by atoms with E-state index >= 15 is 0 Å². The molecule has 0 saturated carbocycles. The van der Waals surface area contributed by atoms with Crippen LogP contribution in [0.25, 0.3) is 6.08 Å². The number of hydrogen-bond donors (Lipinski definition) is 1. The van der Waals surface area contributed by atoms with E-state index in [-0.39, 0.29) is 12.0 Å². The van der Waals surface area contributed by atoms with Crippen molar-refractivity contribution in [2.24, 2.45) is 0 Å². The number of nitriles is 1. The summed E-state index contributed by atoms with van der Waals surface area (Å²) < 4.78 is 17.2. The summed E-state index contributed by atoms with van der Waals surface area (Å²) in [6.07, 6.45) is 5.33. The Labute approximate surface area is 177 Å². The monoisotopic (exact) mass is 406 g/mol. The third-order valence-electron chi connectivity index (χ3n) is 4.55. The van der Waals surface area contributed by atoms with Crippen LogP contribution >= 0.6 is 0 Å². The molecule has 1 aliphatic heterocycles. The number of rotatable bonds is 9. The number of benzene rings is 2. The molecule has 3 rings (SSSR count). The maximum atomic E-state index is 12.4. The summed E-state index contributed by atoms with van der Waals surface area (Å²) in [4.78, 5) is 12.4. The van der Waals surface area contributed by atoms with Gasteiger partial charge in [0.15, 0.2) is 0 Å². The highest BCUT2D eigenvalue weighted by atomic mass is 16.5. The van der Waals surface area contributed by atoms with Gasteiger partial charge in [-0.2, -0.15) is 5.26 Å². The molecule has 1 unspecified atom stereocenters. The second-order valence-electron chi connectivity index (χ2n) is 7.02. The number of carbonyl (C=O) groups excluding carboxylic acids is 1. The second kappa shape index (κ2) is 10.4. The van der Waals surface area contributed by atoms with Crippen molar-refractivity contribution in [3.05, 3.63) is 53.6 Å². The third-order valence-corrected chi connectivity index (χ3v) is 4.55. The van der Waals surface area contributed by atoms with E-state index in [9.17, 15) is 4.79 Å². The SMILES string of the molecule is CCOc1cc2c(cc1C=CC(=O)Nc1cccc(OCCCC#N)c1)OC(C)C2. The summed E-state index contributed by atoms with van der Waals surface area (Å²) >= 11 is 0. The van der Waals surface area contributed by atoms with Crippen LogP contribution in [0, 0.1) is 11.3 Å². The molecule has 1 atom stereocenters. The Balaban J connectivity index is 1.65. The Morgan fingerprint density at radius 1 is 1.33 bits per heavy atom. The first kappa shape index (κ1) is 21.3. The zero-order chi connectivity index (χ0) is 21.3. The van der Waals surface area contributed by atoms with Crippen LogP contribution in [0.1, 0.15) is 37.8 Å². The minimum absolute atomic E-state index is 0.145. The molecule has 2 aromatic rings. The van der Waals surface area contributed by atoms with E-state index in [1.807, 2.05) is 38.1 Å². The zero-order valence-corrected chi connectivity index (χ0v) is 17.3. The molecular formula is C24H26N2O4. The lowest BCUT2D eigenvalue weighted by Crippen LogP contribution is -2.08. The summed E-state index contributed by atoms with van der Waals surface area (Å²) in [5, 5.41) is 11.4. The summed E-state index contributed by atoms with van der Waals surface area (Å²) in [5.74, 6) is 1.98. The van der Waals surface area contributed by atoms with Crippen molar-refractivity contribution in [1.29, 1.82) is 5.26 Å². The summed E-state index contributed by atoms with van der Waals surface area (Å²) in [6.45, 7) is 4.97. The molecule has 0 bridgehead atoms. The first-order valence-electron chi connectivity index (χ1n) is 10.1. The molecular weight excluding hydrogens is 380 g/mol. The molecule has 2 aromatic carbocycles. The molecule has 0 saturated heterocycles. The van der Waals surface area contributed by atoms with E-state index < -0.39 is 0 Å². The number of unbranched alkanes of at least 4 members (excludes halogenated alkanes) is 1. The van der Waals surface area contributed by atoms with Gasteiger partial charge in [-0.3, -0.25) is 4.79 Å². The van der Waals surface area contributed by atoms with Gasteiger partial charge >= 0.3 is 0 Å². The molecule has 0 aliphatic carbocycles. The standard InChI is InChI=1S/C24H26N2O4/c1-3-28-22-15-19-13-17(2)30-23(19)14-18(22)9-10-24(27)26-20-7-6-8-21(16-20)29-12-5-4-11-25/h6-10,14-17H,3-5,12-13H2,1-2H3,(H,26,27). The molecule has 1 aliphatic rings. The van der Waals surface area contributed by atoms with E-state index in [2.05, 4.69) is 11.4 Å². The zero-order valence-electron chi connectivity index (χ0n) is 17.3. The molecule has 0 fully saturated rings. The lowest BCUT2D eigenvalue weighted by atomic mass is 10.1. The molecule has 30 heavy (non-hydrogen) atoms. The Bertz CT molecular complexity index is 962. The van der Waals surface area contributed by atoms with Gasteiger partial charge in [-0.25, -0.2) is 0 Å². The Hall–Kier alpha value is -3.46. The maximum Gasteiger partial charge on any atom is 0.248 e. The number of nitrogens with zero attached hydrogens (tertiary/aromatic N) is 1. The number of hydrogen-bond acceptors (Lipinski definition) is 5. The summed E-state index contributed by atoms with van der Waals surface area (Å²) in [5.41, 5.74) is 2.56. The topological polar surface area (TPSA) is 80.6 Å². The minimum atomic E-state index is -0.256. The molecule has 1 heterocycles. The van der Waals surface area contributed by atoms with E-state index in [4.69, 9.17) is 19.5 Å². The van der Waals surface area contributed by atoms with Crippen molar-refractivity contribution in [1.82, 2.24) is 0 Å². The molecule has 1 N–H and O–H groups in total. The Morgan fingerprint density at radius 2 is 2.20 bits per heavy atom. The van der Waals surface area contributed by atoms with Crippen molar-refractivity contribution in [3.8, 4) is 23.3 Å². The molecule has 0 radical (unpaired) electrons. The molecule has 6 heteroatoms. The average molecular weight is 406 g/mol. The largest absolute Gasteiger partial charge is 0.493 e. The smallest absolute Gasteiger partial charge is 0.248 e. The fourth-order valence-corrected chi connectivity index (χ4v) is 3.22. The van der Waals surface area contributed by atoms with Gasteiger partial charge in [-0.1, -0.05) is 6.07 Å². The van der Waals surface area contributed by atoms with Gasteiger partial charge in [0.05, 0.1) is 19.3 Å².